The van der Waals surface area contributed by atoms with Crippen LogP contribution in [0.2, 0.25) is 0 Å². The Balaban J connectivity index is 2.10. The van der Waals surface area contributed by atoms with Crippen molar-refractivity contribution in [3.63, 3.8) is 0 Å². The highest BCUT2D eigenvalue weighted by Crippen LogP contribution is 2.22. The number of likely N-dealkylation sites (tertiary alicyclic amines) is 1. The van der Waals surface area contributed by atoms with Crippen LogP contribution in [0.15, 0.2) is 23.1 Å². The standard InChI is InChI=1S/C15H25N3O2S/c1-3-18-9-4-5-13(8-10-18)17-14-7-6-12(2)15(11-14)21(16,19)20/h6-7,11,13,17H,3-5,8-10H2,1-2H3,(H2,16,19,20). The first-order valence-electron chi connectivity index (χ1n) is 7.52. The summed E-state index contributed by atoms with van der Waals surface area (Å²) in [5.74, 6) is 0. The summed E-state index contributed by atoms with van der Waals surface area (Å²) in [6.45, 7) is 7.26. The van der Waals surface area contributed by atoms with Crippen molar-refractivity contribution in [2.45, 2.75) is 44.0 Å². The van der Waals surface area contributed by atoms with E-state index in [1.165, 1.54) is 6.42 Å². The van der Waals surface area contributed by atoms with Crippen LogP contribution >= 0.6 is 0 Å². The van der Waals surface area contributed by atoms with Crippen LogP contribution in [0.25, 0.3) is 0 Å². The molecule has 1 atom stereocenters. The van der Waals surface area contributed by atoms with Crippen LogP contribution < -0.4 is 10.5 Å². The molecule has 1 fully saturated rings. The lowest BCUT2D eigenvalue weighted by Gasteiger charge is -2.20. The van der Waals surface area contributed by atoms with Gasteiger partial charge in [0.2, 0.25) is 10.0 Å². The molecule has 0 aliphatic carbocycles. The van der Waals surface area contributed by atoms with E-state index in [1.807, 2.05) is 6.07 Å². The van der Waals surface area contributed by atoms with Crippen LogP contribution in [-0.4, -0.2) is 39.0 Å². The lowest BCUT2D eigenvalue weighted by Crippen LogP contribution is -2.26. The molecular weight excluding hydrogens is 286 g/mol. The zero-order chi connectivity index (χ0) is 15.5. The van der Waals surface area contributed by atoms with Gasteiger partial charge in [-0.2, -0.15) is 0 Å². The summed E-state index contributed by atoms with van der Waals surface area (Å²) < 4.78 is 23.2. The van der Waals surface area contributed by atoms with Gasteiger partial charge in [0, 0.05) is 18.3 Å². The minimum absolute atomic E-state index is 0.205. The van der Waals surface area contributed by atoms with E-state index >= 15 is 0 Å². The number of hydrogen-bond donors (Lipinski definition) is 2. The average Bonchev–Trinajstić information content (AvgIpc) is 2.65. The van der Waals surface area contributed by atoms with Gasteiger partial charge < -0.3 is 10.2 Å². The fourth-order valence-corrected chi connectivity index (χ4v) is 3.66. The summed E-state index contributed by atoms with van der Waals surface area (Å²) in [5, 5.41) is 8.72. The number of sulfonamides is 1. The normalized spacial score (nSPS) is 21.0. The molecule has 1 aromatic rings. The van der Waals surface area contributed by atoms with Crippen molar-refractivity contribution in [2.24, 2.45) is 5.14 Å². The van der Waals surface area contributed by atoms with Gasteiger partial charge in [0.15, 0.2) is 0 Å². The lowest BCUT2D eigenvalue weighted by atomic mass is 10.1. The Morgan fingerprint density at radius 3 is 2.76 bits per heavy atom. The van der Waals surface area contributed by atoms with Gasteiger partial charge in [0.25, 0.3) is 0 Å². The van der Waals surface area contributed by atoms with E-state index in [-0.39, 0.29) is 4.90 Å². The average molecular weight is 311 g/mol. The Kier molecular flexibility index (Phi) is 5.24. The summed E-state index contributed by atoms with van der Waals surface area (Å²) in [5.41, 5.74) is 1.51. The predicted octanol–water partition coefficient (Wildman–Crippen LogP) is 1.93. The molecule has 118 valence electrons. The van der Waals surface area contributed by atoms with Crippen LogP contribution in [0.4, 0.5) is 5.69 Å². The number of aryl methyl sites for hydroxylation is 1. The van der Waals surface area contributed by atoms with E-state index in [2.05, 4.69) is 17.1 Å². The van der Waals surface area contributed by atoms with Crippen molar-refractivity contribution in [3.8, 4) is 0 Å². The van der Waals surface area contributed by atoms with Crippen LogP contribution in [0, 0.1) is 6.92 Å². The first kappa shape index (κ1) is 16.3. The third-order valence-electron chi connectivity index (χ3n) is 4.13. The smallest absolute Gasteiger partial charge is 0.238 e. The molecule has 2 rings (SSSR count). The molecule has 0 aromatic heterocycles. The minimum atomic E-state index is -3.66. The summed E-state index contributed by atoms with van der Waals surface area (Å²) in [4.78, 5) is 2.66. The molecule has 0 bridgehead atoms. The van der Waals surface area contributed by atoms with E-state index in [9.17, 15) is 8.42 Å². The molecule has 1 heterocycles. The van der Waals surface area contributed by atoms with Crippen LogP contribution in [-0.2, 0) is 10.0 Å². The molecule has 0 saturated carbocycles. The maximum atomic E-state index is 11.6. The van der Waals surface area contributed by atoms with Crippen molar-refractivity contribution in [2.75, 3.05) is 25.0 Å². The Bertz CT molecular complexity index is 587. The minimum Gasteiger partial charge on any atom is -0.382 e. The molecule has 1 aliphatic rings. The maximum Gasteiger partial charge on any atom is 0.238 e. The fraction of sp³-hybridized carbons (Fsp3) is 0.600. The van der Waals surface area contributed by atoms with Crippen LogP contribution in [0.1, 0.15) is 31.7 Å². The molecule has 1 saturated heterocycles. The predicted molar refractivity (Wildman–Crippen MR) is 85.9 cm³/mol. The van der Waals surface area contributed by atoms with E-state index < -0.39 is 10.0 Å². The van der Waals surface area contributed by atoms with Crippen LogP contribution in [0.3, 0.4) is 0 Å². The second-order valence-electron chi connectivity index (χ2n) is 5.73. The highest BCUT2D eigenvalue weighted by atomic mass is 32.2. The number of nitrogens with zero attached hydrogens (tertiary/aromatic N) is 1. The number of benzene rings is 1. The number of rotatable bonds is 4. The van der Waals surface area contributed by atoms with Gasteiger partial charge in [0.05, 0.1) is 4.90 Å². The topological polar surface area (TPSA) is 75.4 Å². The molecule has 1 aliphatic heterocycles. The molecule has 1 aromatic carbocycles. The SMILES string of the molecule is CCN1CCCC(Nc2ccc(C)c(S(N)(=O)=O)c2)CC1. The van der Waals surface area contributed by atoms with Gasteiger partial charge in [-0.3, -0.25) is 0 Å². The van der Waals surface area contributed by atoms with E-state index in [4.69, 9.17) is 5.14 Å². The Hall–Kier alpha value is -1.11. The summed E-state index contributed by atoms with van der Waals surface area (Å²) in [6, 6.07) is 5.76. The van der Waals surface area contributed by atoms with Gasteiger partial charge in [0.1, 0.15) is 0 Å². The zero-order valence-corrected chi connectivity index (χ0v) is 13.6. The second-order valence-corrected chi connectivity index (χ2v) is 7.26. The van der Waals surface area contributed by atoms with E-state index in [1.54, 1.807) is 19.1 Å². The van der Waals surface area contributed by atoms with Gasteiger partial charge in [-0.05, 0) is 57.0 Å². The maximum absolute atomic E-state index is 11.6. The molecule has 3 N–H and O–H groups in total. The first-order valence-corrected chi connectivity index (χ1v) is 9.07. The Morgan fingerprint density at radius 2 is 2.10 bits per heavy atom. The van der Waals surface area contributed by atoms with Gasteiger partial charge >= 0.3 is 0 Å². The molecule has 21 heavy (non-hydrogen) atoms. The molecule has 0 amide bonds. The molecule has 0 spiro atoms. The van der Waals surface area contributed by atoms with E-state index in [0.29, 0.717) is 11.6 Å². The van der Waals surface area contributed by atoms with E-state index in [0.717, 1.165) is 38.2 Å². The summed E-state index contributed by atoms with van der Waals surface area (Å²) in [6.07, 6.45) is 3.35. The number of nitrogens with one attached hydrogen (secondary N) is 1. The van der Waals surface area contributed by atoms with Gasteiger partial charge in [-0.1, -0.05) is 13.0 Å². The fourth-order valence-electron chi connectivity index (χ4n) is 2.85. The number of hydrogen-bond acceptors (Lipinski definition) is 4. The quantitative estimate of drug-likeness (QED) is 0.891. The van der Waals surface area contributed by atoms with Crippen molar-refractivity contribution in [1.29, 1.82) is 0 Å². The molecule has 0 radical (unpaired) electrons. The van der Waals surface area contributed by atoms with Crippen molar-refractivity contribution < 1.29 is 8.42 Å². The molecule has 6 heteroatoms. The number of nitrogens with two attached hydrogens (primary N) is 1. The Labute approximate surface area is 127 Å². The highest BCUT2D eigenvalue weighted by molar-refractivity contribution is 7.89. The summed E-state index contributed by atoms with van der Waals surface area (Å²) in [7, 11) is -3.66. The van der Waals surface area contributed by atoms with Crippen molar-refractivity contribution in [1.82, 2.24) is 4.90 Å². The number of anilines is 1. The molecule has 5 nitrogen and oxygen atoms in total. The lowest BCUT2D eigenvalue weighted by molar-refractivity contribution is 0.300. The van der Waals surface area contributed by atoms with Crippen molar-refractivity contribution >= 4 is 15.7 Å². The third-order valence-corrected chi connectivity index (χ3v) is 5.19. The zero-order valence-electron chi connectivity index (χ0n) is 12.8. The Morgan fingerprint density at radius 1 is 1.33 bits per heavy atom. The third kappa shape index (κ3) is 4.43. The number of primary sulfonamides is 1. The highest BCUT2D eigenvalue weighted by Gasteiger charge is 2.17. The monoisotopic (exact) mass is 311 g/mol. The van der Waals surface area contributed by atoms with Gasteiger partial charge in [-0.25, -0.2) is 13.6 Å². The molecule has 1 unspecified atom stereocenters. The molecular formula is C15H25N3O2S. The van der Waals surface area contributed by atoms with Gasteiger partial charge in [-0.15, -0.1) is 0 Å². The first-order chi connectivity index (χ1) is 9.90. The van der Waals surface area contributed by atoms with Crippen LogP contribution in [0.5, 0.6) is 0 Å². The summed E-state index contributed by atoms with van der Waals surface area (Å²) >= 11 is 0. The second kappa shape index (κ2) is 6.77. The van der Waals surface area contributed by atoms with Crippen molar-refractivity contribution in [3.05, 3.63) is 23.8 Å². The largest absolute Gasteiger partial charge is 0.382 e.